The number of methoxy groups -OCH3 is 1. The van der Waals surface area contributed by atoms with Gasteiger partial charge < -0.3 is 24.5 Å². The first kappa shape index (κ1) is 17.4. The van der Waals surface area contributed by atoms with Crippen molar-refractivity contribution in [3.63, 3.8) is 0 Å². The number of anilines is 1. The zero-order valence-corrected chi connectivity index (χ0v) is 14.8. The van der Waals surface area contributed by atoms with Gasteiger partial charge in [0.15, 0.2) is 0 Å². The van der Waals surface area contributed by atoms with Gasteiger partial charge in [-0.1, -0.05) is 12.2 Å². The Hall–Kier alpha value is -3.06. The molecular formula is C20H20N2O5. The van der Waals surface area contributed by atoms with Gasteiger partial charge in [-0.05, 0) is 36.4 Å². The fraction of sp³-hybridized carbons (Fsp3) is 0.300. The Morgan fingerprint density at radius 3 is 2.37 bits per heavy atom. The third-order valence-corrected chi connectivity index (χ3v) is 4.88. The van der Waals surface area contributed by atoms with Gasteiger partial charge in [0.05, 0.1) is 44.0 Å². The van der Waals surface area contributed by atoms with Crippen LogP contribution in [-0.2, 0) is 20.9 Å². The van der Waals surface area contributed by atoms with Gasteiger partial charge in [0.25, 0.3) is 0 Å². The van der Waals surface area contributed by atoms with Crippen molar-refractivity contribution in [2.45, 2.75) is 18.8 Å². The van der Waals surface area contributed by atoms with Crippen LogP contribution in [0.3, 0.4) is 0 Å². The number of carbonyl (C=O) groups is 2. The lowest BCUT2D eigenvalue weighted by molar-refractivity contribution is -0.131. The number of amides is 2. The lowest BCUT2D eigenvalue weighted by Crippen LogP contribution is -2.44. The SMILES string of the molecule is COc1ccc(NC(=O)[C@H]2[C@@H](C(=O)NCc3ccco3)[C@@H]3C=C[C@H]2O3)cc1. The Morgan fingerprint density at radius 1 is 1.04 bits per heavy atom. The highest BCUT2D eigenvalue weighted by molar-refractivity contribution is 5.97. The molecular weight excluding hydrogens is 348 g/mol. The monoisotopic (exact) mass is 368 g/mol. The quantitative estimate of drug-likeness (QED) is 0.763. The van der Waals surface area contributed by atoms with Gasteiger partial charge in [0, 0.05) is 5.69 Å². The van der Waals surface area contributed by atoms with E-state index in [1.807, 2.05) is 12.2 Å². The fourth-order valence-corrected chi connectivity index (χ4v) is 3.54. The second-order valence-corrected chi connectivity index (χ2v) is 6.52. The van der Waals surface area contributed by atoms with Crippen molar-refractivity contribution in [1.29, 1.82) is 0 Å². The summed E-state index contributed by atoms with van der Waals surface area (Å²) in [6, 6.07) is 10.6. The molecule has 2 amide bonds. The van der Waals surface area contributed by atoms with Crippen LogP contribution < -0.4 is 15.4 Å². The number of rotatable bonds is 6. The van der Waals surface area contributed by atoms with Crippen molar-refractivity contribution in [2.75, 3.05) is 12.4 Å². The van der Waals surface area contributed by atoms with E-state index in [0.29, 0.717) is 17.2 Å². The molecule has 2 aliphatic rings. The molecule has 1 aromatic carbocycles. The lowest BCUT2D eigenvalue weighted by Gasteiger charge is -2.23. The van der Waals surface area contributed by atoms with Crippen LogP contribution in [0, 0.1) is 11.8 Å². The highest BCUT2D eigenvalue weighted by atomic mass is 16.5. The molecule has 1 fully saturated rings. The molecule has 7 heteroatoms. The number of nitrogens with one attached hydrogen (secondary N) is 2. The Balaban J connectivity index is 1.45. The summed E-state index contributed by atoms with van der Waals surface area (Å²) in [6.45, 7) is 0.274. The van der Waals surface area contributed by atoms with Crippen molar-refractivity contribution >= 4 is 17.5 Å². The van der Waals surface area contributed by atoms with Gasteiger partial charge in [-0.3, -0.25) is 9.59 Å². The van der Waals surface area contributed by atoms with E-state index in [-0.39, 0.29) is 18.4 Å². The molecule has 4 atom stereocenters. The van der Waals surface area contributed by atoms with E-state index >= 15 is 0 Å². The average Bonchev–Trinajstić information content (AvgIpc) is 3.43. The first-order chi connectivity index (χ1) is 13.2. The topological polar surface area (TPSA) is 89.8 Å². The van der Waals surface area contributed by atoms with E-state index in [2.05, 4.69) is 10.6 Å². The van der Waals surface area contributed by atoms with Crippen LogP contribution in [0.5, 0.6) is 5.75 Å². The highest BCUT2D eigenvalue weighted by Crippen LogP contribution is 2.40. The van der Waals surface area contributed by atoms with Gasteiger partial charge in [-0.2, -0.15) is 0 Å². The number of carbonyl (C=O) groups excluding carboxylic acids is 2. The van der Waals surface area contributed by atoms with Crippen molar-refractivity contribution in [3.05, 3.63) is 60.6 Å². The maximum atomic E-state index is 12.9. The second kappa shape index (κ2) is 7.28. The van der Waals surface area contributed by atoms with Gasteiger partial charge >= 0.3 is 0 Å². The van der Waals surface area contributed by atoms with Gasteiger partial charge in [0.2, 0.25) is 11.8 Å². The molecule has 27 heavy (non-hydrogen) atoms. The number of benzene rings is 1. The molecule has 1 aromatic heterocycles. The number of fused-ring (bicyclic) bond motifs is 2. The molecule has 0 radical (unpaired) electrons. The number of furan rings is 1. The summed E-state index contributed by atoms with van der Waals surface area (Å²) in [5, 5.41) is 5.70. The van der Waals surface area contributed by atoms with E-state index in [9.17, 15) is 9.59 Å². The predicted octanol–water partition coefficient (Wildman–Crippen LogP) is 2.11. The molecule has 140 valence electrons. The summed E-state index contributed by atoms with van der Waals surface area (Å²) in [6.07, 6.45) is 4.46. The zero-order chi connectivity index (χ0) is 18.8. The maximum Gasteiger partial charge on any atom is 0.231 e. The molecule has 2 bridgehead atoms. The maximum absolute atomic E-state index is 12.9. The number of hydrogen-bond acceptors (Lipinski definition) is 5. The fourth-order valence-electron chi connectivity index (χ4n) is 3.54. The molecule has 0 unspecified atom stereocenters. The third kappa shape index (κ3) is 3.46. The van der Waals surface area contributed by atoms with E-state index in [1.54, 1.807) is 49.8 Å². The average molecular weight is 368 g/mol. The van der Waals surface area contributed by atoms with Crippen LogP contribution in [0.25, 0.3) is 0 Å². The predicted molar refractivity (Wildman–Crippen MR) is 97.0 cm³/mol. The molecule has 2 N–H and O–H groups in total. The van der Waals surface area contributed by atoms with Gasteiger partial charge in [0.1, 0.15) is 11.5 Å². The number of ether oxygens (including phenoxy) is 2. The summed E-state index contributed by atoms with van der Waals surface area (Å²) in [5.74, 6) is -0.267. The Labute approximate surface area is 156 Å². The minimum atomic E-state index is -0.585. The summed E-state index contributed by atoms with van der Waals surface area (Å²) < 4.78 is 16.1. The molecule has 2 aromatic rings. The van der Waals surface area contributed by atoms with Gasteiger partial charge in [-0.15, -0.1) is 0 Å². The summed E-state index contributed by atoms with van der Waals surface area (Å²) in [7, 11) is 1.58. The largest absolute Gasteiger partial charge is 0.497 e. The first-order valence-corrected chi connectivity index (χ1v) is 8.74. The van der Waals surface area contributed by atoms with Crippen molar-refractivity contribution in [2.24, 2.45) is 11.8 Å². The molecule has 0 aliphatic carbocycles. The van der Waals surface area contributed by atoms with Crippen molar-refractivity contribution in [3.8, 4) is 5.75 Å². The van der Waals surface area contributed by atoms with Crippen LogP contribution >= 0.6 is 0 Å². The normalized spacial score (nSPS) is 25.4. The number of hydrogen-bond donors (Lipinski definition) is 2. The van der Waals surface area contributed by atoms with Gasteiger partial charge in [-0.25, -0.2) is 0 Å². The van der Waals surface area contributed by atoms with E-state index in [0.717, 1.165) is 0 Å². The van der Waals surface area contributed by atoms with Crippen LogP contribution in [0.4, 0.5) is 5.69 Å². The van der Waals surface area contributed by atoms with Crippen LogP contribution in [0.1, 0.15) is 5.76 Å². The summed E-state index contributed by atoms with van der Waals surface area (Å²) in [5.41, 5.74) is 0.641. The molecule has 1 saturated heterocycles. The molecule has 3 heterocycles. The van der Waals surface area contributed by atoms with Crippen LogP contribution in [0.15, 0.2) is 59.2 Å². The van der Waals surface area contributed by atoms with E-state index in [1.165, 1.54) is 0 Å². The molecule has 2 aliphatic heterocycles. The molecule has 7 nitrogen and oxygen atoms in total. The Morgan fingerprint density at radius 2 is 1.74 bits per heavy atom. The lowest BCUT2D eigenvalue weighted by atomic mass is 9.81. The minimum Gasteiger partial charge on any atom is -0.497 e. The van der Waals surface area contributed by atoms with E-state index in [4.69, 9.17) is 13.9 Å². The van der Waals surface area contributed by atoms with Crippen LogP contribution in [-0.4, -0.2) is 31.1 Å². The summed E-state index contributed by atoms with van der Waals surface area (Å²) >= 11 is 0. The second-order valence-electron chi connectivity index (χ2n) is 6.52. The minimum absolute atomic E-state index is 0.224. The smallest absolute Gasteiger partial charge is 0.231 e. The van der Waals surface area contributed by atoms with E-state index < -0.39 is 24.0 Å². The Bertz CT molecular complexity index is 844. The zero-order valence-electron chi connectivity index (χ0n) is 14.8. The third-order valence-electron chi connectivity index (χ3n) is 4.88. The van der Waals surface area contributed by atoms with Crippen molar-refractivity contribution in [1.82, 2.24) is 5.32 Å². The summed E-state index contributed by atoms with van der Waals surface area (Å²) in [4.78, 5) is 25.6. The molecule has 0 saturated carbocycles. The standard InChI is InChI=1S/C20H20N2O5/c1-25-13-6-4-12(5-7-13)22-20(24)18-16-9-8-15(27-16)17(18)19(23)21-11-14-3-2-10-26-14/h2-10,15-18H,11H2,1H3,(H,21,23)(H,22,24)/t15-,16+,17-,18+/m0/s1. The van der Waals surface area contributed by atoms with Crippen molar-refractivity contribution < 1.29 is 23.5 Å². The van der Waals surface area contributed by atoms with Crippen LogP contribution in [0.2, 0.25) is 0 Å². The Kier molecular flexibility index (Phi) is 4.68. The first-order valence-electron chi connectivity index (χ1n) is 8.74. The highest BCUT2D eigenvalue weighted by Gasteiger charge is 2.52. The molecule has 4 rings (SSSR count). The molecule has 0 spiro atoms.